The summed E-state index contributed by atoms with van der Waals surface area (Å²) in [5, 5.41) is 5.86. The highest BCUT2D eigenvalue weighted by molar-refractivity contribution is 7.15. The van der Waals surface area contributed by atoms with Crippen LogP contribution in [0, 0.1) is 0 Å². The van der Waals surface area contributed by atoms with Gasteiger partial charge in [0.05, 0.1) is 0 Å². The van der Waals surface area contributed by atoms with Crippen LogP contribution in [0.4, 0.5) is 5.00 Å². The number of hydrogen-bond acceptors (Lipinski definition) is 4. The van der Waals surface area contributed by atoms with Crippen LogP contribution in [-0.2, 0) is 16.0 Å². The molecule has 0 radical (unpaired) electrons. The Balaban J connectivity index is 1.85. The van der Waals surface area contributed by atoms with Crippen molar-refractivity contribution in [2.24, 2.45) is 0 Å². The number of amides is 1. The maximum Gasteiger partial charge on any atom is 0.342 e. The van der Waals surface area contributed by atoms with E-state index in [1.807, 2.05) is 68.6 Å². The Morgan fingerprint density at radius 3 is 2.33 bits per heavy atom. The maximum absolute atomic E-state index is 13.0. The van der Waals surface area contributed by atoms with Crippen molar-refractivity contribution in [3.8, 4) is 11.1 Å². The molecule has 30 heavy (non-hydrogen) atoms. The monoisotopic (exact) mass is 441 g/mol. The minimum absolute atomic E-state index is 0.145. The number of anilines is 1. The molecule has 0 fully saturated rings. The van der Waals surface area contributed by atoms with Crippen molar-refractivity contribution in [3.05, 3.63) is 76.1 Å². The van der Waals surface area contributed by atoms with Crippen molar-refractivity contribution >= 4 is 39.8 Å². The van der Waals surface area contributed by atoms with E-state index in [0.717, 1.165) is 11.1 Å². The summed E-state index contributed by atoms with van der Waals surface area (Å²) >= 11 is 7.32. The van der Waals surface area contributed by atoms with Crippen LogP contribution in [0.15, 0.2) is 60.0 Å². The number of aryl methyl sites for hydroxylation is 1. The van der Waals surface area contributed by atoms with Crippen molar-refractivity contribution < 1.29 is 14.3 Å². The van der Waals surface area contributed by atoms with Gasteiger partial charge in [-0.2, -0.15) is 0 Å². The van der Waals surface area contributed by atoms with Crippen LogP contribution in [0.5, 0.6) is 0 Å². The second kappa shape index (κ2) is 9.45. The van der Waals surface area contributed by atoms with Crippen LogP contribution in [0.2, 0.25) is 5.02 Å². The van der Waals surface area contributed by atoms with Gasteiger partial charge in [-0.1, -0.05) is 54.1 Å². The molecular weight excluding hydrogens is 418 g/mol. The molecule has 0 spiro atoms. The largest absolute Gasteiger partial charge is 0.456 e. The summed E-state index contributed by atoms with van der Waals surface area (Å²) in [4.78, 5) is 25.5. The van der Waals surface area contributed by atoms with Gasteiger partial charge in [0.2, 0.25) is 5.91 Å². The van der Waals surface area contributed by atoms with Gasteiger partial charge in [0.1, 0.15) is 16.2 Å². The summed E-state index contributed by atoms with van der Waals surface area (Å²) < 4.78 is 5.61. The highest BCUT2D eigenvalue weighted by Crippen LogP contribution is 2.37. The molecule has 1 N–H and O–H groups in total. The van der Waals surface area contributed by atoms with E-state index in [4.69, 9.17) is 16.3 Å². The van der Waals surface area contributed by atoms with Crippen LogP contribution in [-0.4, -0.2) is 17.5 Å². The predicted octanol–water partition coefficient (Wildman–Crippen LogP) is 6.60. The first kappa shape index (κ1) is 22.1. The van der Waals surface area contributed by atoms with Crippen molar-refractivity contribution in [3.63, 3.8) is 0 Å². The summed E-state index contributed by atoms with van der Waals surface area (Å²) in [6.45, 7) is 5.45. The number of halogens is 1. The average molecular weight is 442 g/mol. The Labute approximate surface area is 185 Å². The zero-order chi connectivity index (χ0) is 21.7. The van der Waals surface area contributed by atoms with Gasteiger partial charge in [0.25, 0.3) is 0 Å². The van der Waals surface area contributed by atoms with Gasteiger partial charge < -0.3 is 10.1 Å². The second-order valence-electron chi connectivity index (χ2n) is 7.90. The SMILES string of the molecule is CC(C)(C)OC(=O)c1c(-c2ccc(Cl)cc2)csc1NC(=O)CCc1ccccc1. The Hall–Kier alpha value is -2.63. The van der Waals surface area contributed by atoms with Gasteiger partial charge in [-0.15, -0.1) is 11.3 Å². The third kappa shape index (κ3) is 5.94. The van der Waals surface area contributed by atoms with E-state index in [1.165, 1.54) is 11.3 Å². The summed E-state index contributed by atoms with van der Waals surface area (Å²) in [5.41, 5.74) is 2.36. The Kier molecular flexibility index (Phi) is 6.95. The Morgan fingerprint density at radius 1 is 1.03 bits per heavy atom. The van der Waals surface area contributed by atoms with E-state index >= 15 is 0 Å². The van der Waals surface area contributed by atoms with Crippen molar-refractivity contribution in [2.75, 3.05) is 5.32 Å². The van der Waals surface area contributed by atoms with Gasteiger partial charge in [-0.25, -0.2) is 4.79 Å². The normalized spacial score (nSPS) is 11.2. The first-order valence-electron chi connectivity index (χ1n) is 9.67. The van der Waals surface area contributed by atoms with Crippen molar-refractivity contribution in [1.82, 2.24) is 0 Å². The lowest BCUT2D eigenvalue weighted by Gasteiger charge is -2.20. The maximum atomic E-state index is 13.0. The van der Waals surface area contributed by atoms with Gasteiger partial charge in [-0.3, -0.25) is 4.79 Å². The van der Waals surface area contributed by atoms with Crippen LogP contribution >= 0.6 is 22.9 Å². The lowest BCUT2D eigenvalue weighted by molar-refractivity contribution is -0.116. The fraction of sp³-hybridized carbons (Fsp3) is 0.250. The van der Waals surface area contributed by atoms with Gasteiger partial charge in [-0.05, 0) is 50.5 Å². The van der Waals surface area contributed by atoms with Crippen molar-refractivity contribution in [2.45, 2.75) is 39.2 Å². The number of ether oxygens (including phenoxy) is 1. The summed E-state index contributed by atoms with van der Waals surface area (Å²) in [5.74, 6) is -0.611. The number of benzene rings is 2. The van der Waals surface area contributed by atoms with E-state index in [1.54, 1.807) is 12.1 Å². The predicted molar refractivity (Wildman–Crippen MR) is 123 cm³/mol. The molecule has 0 aliphatic heterocycles. The zero-order valence-electron chi connectivity index (χ0n) is 17.2. The van der Waals surface area contributed by atoms with Crippen LogP contribution in [0.3, 0.4) is 0 Å². The van der Waals surface area contributed by atoms with E-state index < -0.39 is 11.6 Å². The molecule has 3 rings (SSSR count). The molecule has 0 atom stereocenters. The second-order valence-corrected chi connectivity index (χ2v) is 9.21. The summed E-state index contributed by atoms with van der Waals surface area (Å²) in [6.07, 6.45) is 0.954. The highest BCUT2D eigenvalue weighted by Gasteiger charge is 2.26. The molecule has 1 amide bonds. The Bertz CT molecular complexity index is 1020. The fourth-order valence-electron chi connectivity index (χ4n) is 2.92. The molecule has 0 saturated heterocycles. The third-order valence-electron chi connectivity index (χ3n) is 4.29. The van der Waals surface area contributed by atoms with E-state index in [0.29, 0.717) is 34.0 Å². The van der Waals surface area contributed by atoms with Crippen molar-refractivity contribution in [1.29, 1.82) is 0 Å². The van der Waals surface area contributed by atoms with Crippen LogP contribution in [0.25, 0.3) is 11.1 Å². The lowest BCUT2D eigenvalue weighted by Crippen LogP contribution is -2.25. The molecular formula is C24H24ClNO3S. The molecule has 0 unspecified atom stereocenters. The van der Waals surface area contributed by atoms with Gasteiger partial charge >= 0.3 is 5.97 Å². The molecule has 2 aromatic carbocycles. The molecule has 0 bridgehead atoms. The van der Waals surface area contributed by atoms with Crippen LogP contribution in [0.1, 0.15) is 43.1 Å². The summed E-state index contributed by atoms with van der Waals surface area (Å²) in [6, 6.07) is 17.1. The lowest BCUT2D eigenvalue weighted by atomic mass is 10.0. The van der Waals surface area contributed by atoms with E-state index in [9.17, 15) is 9.59 Å². The van der Waals surface area contributed by atoms with Crippen LogP contribution < -0.4 is 5.32 Å². The number of carbonyl (C=O) groups is 2. The third-order valence-corrected chi connectivity index (χ3v) is 5.43. The first-order chi connectivity index (χ1) is 14.2. The molecule has 0 saturated carbocycles. The standard InChI is InChI=1S/C24H24ClNO3S/c1-24(2,3)29-23(28)21-19(17-10-12-18(25)13-11-17)15-30-22(21)26-20(27)14-9-16-7-5-4-6-8-16/h4-8,10-13,15H,9,14H2,1-3H3,(H,26,27). The molecule has 0 aliphatic rings. The topological polar surface area (TPSA) is 55.4 Å². The minimum Gasteiger partial charge on any atom is -0.456 e. The fourth-order valence-corrected chi connectivity index (χ4v) is 4.01. The average Bonchev–Trinajstić information content (AvgIpc) is 3.10. The summed E-state index contributed by atoms with van der Waals surface area (Å²) in [7, 11) is 0. The number of thiophene rings is 1. The van der Waals surface area contributed by atoms with Gasteiger partial charge in [0.15, 0.2) is 0 Å². The smallest absolute Gasteiger partial charge is 0.342 e. The molecule has 3 aromatic rings. The number of nitrogens with one attached hydrogen (secondary N) is 1. The Morgan fingerprint density at radius 2 is 1.70 bits per heavy atom. The number of rotatable bonds is 6. The number of esters is 1. The molecule has 0 aliphatic carbocycles. The van der Waals surface area contributed by atoms with Gasteiger partial charge in [0, 0.05) is 22.4 Å². The first-order valence-corrected chi connectivity index (χ1v) is 10.9. The zero-order valence-corrected chi connectivity index (χ0v) is 18.8. The quantitative estimate of drug-likeness (QED) is 0.438. The van der Waals surface area contributed by atoms with E-state index in [-0.39, 0.29) is 5.91 Å². The number of hydrogen-bond donors (Lipinski definition) is 1. The minimum atomic E-state index is -0.648. The molecule has 4 nitrogen and oxygen atoms in total. The molecule has 6 heteroatoms. The molecule has 156 valence electrons. The van der Waals surface area contributed by atoms with E-state index in [2.05, 4.69) is 5.32 Å². The number of carbonyl (C=O) groups excluding carboxylic acids is 2. The highest BCUT2D eigenvalue weighted by atomic mass is 35.5. The molecule has 1 aromatic heterocycles. The molecule has 1 heterocycles.